The van der Waals surface area contributed by atoms with Gasteiger partial charge in [0.1, 0.15) is 5.75 Å². The summed E-state index contributed by atoms with van der Waals surface area (Å²) in [6, 6.07) is 7.10. The van der Waals surface area contributed by atoms with Gasteiger partial charge in [-0.2, -0.15) is 0 Å². The molecule has 6 heteroatoms. The van der Waals surface area contributed by atoms with E-state index in [1.165, 1.54) is 0 Å². The minimum atomic E-state index is -0.197. The van der Waals surface area contributed by atoms with E-state index in [1.807, 2.05) is 31.2 Å². The van der Waals surface area contributed by atoms with Crippen LogP contribution in [0.25, 0.3) is 0 Å². The number of amides is 3. The Morgan fingerprint density at radius 3 is 2.67 bits per heavy atom. The van der Waals surface area contributed by atoms with Crippen LogP contribution in [0.4, 0.5) is 10.5 Å². The number of benzene rings is 1. The van der Waals surface area contributed by atoms with Gasteiger partial charge in [-0.15, -0.1) is 0 Å². The average molecular weight is 333 g/mol. The van der Waals surface area contributed by atoms with Gasteiger partial charge in [-0.05, 0) is 37.6 Å². The lowest BCUT2D eigenvalue weighted by molar-refractivity contribution is -0.117. The van der Waals surface area contributed by atoms with Crippen molar-refractivity contribution in [2.24, 2.45) is 0 Å². The van der Waals surface area contributed by atoms with Crippen LogP contribution in [0.5, 0.6) is 5.75 Å². The summed E-state index contributed by atoms with van der Waals surface area (Å²) < 4.78 is 5.41. The summed E-state index contributed by atoms with van der Waals surface area (Å²) in [5, 5.41) is 5.72. The van der Waals surface area contributed by atoms with Crippen molar-refractivity contribution in [1.29, 1.82) is 0 Å². The van der Waals surface area contributed by atoms with E-state index in [-0.39, 0.29) is 18.0 Å². The molecule has 1 atom stereocenters. The van der Waals surface area contributed by atoms with Crippen molar-refractivity contribution < 1.29 is 14.3 Å². The first kappa shape index (κ1) is 18.1. The van der Waals surface area contributed by atoms with Crippen molar-refractivity contribution in [3.8, 4) is 5.75 Å². The molecule has 1 heterocycles. The molecule has 1 aliphatic heterocycles. The molecule has 1 aromatic rings. The Kier molecular flexibility index (Phi) is 6.90. The number of nitrogens with zero attached hydrogens (tertiary/aromatic N) is 1. The first-order valence-corrected chi connectivity index (χ1v) is 8.71. The Labute approximate surface area is 143 Å². The predicted octanol–water partition coefficient (Wildman–Crippen LogP) is 2.68. The molecule has 0 aliphatic carbocycles. The quantitative estimate of drug-likeness (QED) is 0.719. The number of unbranched alkanes of at least 4 members (excludes halogenated alkanes) is 2. The molecule has 2 N–H and O–H groups in total. The summed E-state index contributed by atoms with van der Waals surface area (Å²) in [7, 11) is 0. The molecule has 0 aromatic heterocycles. The second kappa shape index (κ2) is 9.15. The Balaban J connectivity index is 1.83. The molecule has 1 aliphatic rings. The topological polar surface area (TPSA) is 70.7 Å². The maximum absolute atomic E-state index is 12.2. The number of nitrogens with one attached hydrogen (secondary N) is 2. The fourth-order valence-corrected chi connectivity index (χ4v) is 2.76. The van der Waals surface area contributed by atoms with E-state index in [0.717, 1.165) is 30.7 Å². The van der Waals surface area contributed by atoms with E-state index in [2.05, 4.69) is 17.6 Å². The SMILES string of the molecule is CCCCCNC(=O)N[C@H]1CC(=O)N(c2ccc(OCC)cc2)C1. The molecule has 1 fully saturated rings. The van der Waals surface area contributed by atoms with Crippen molar-refractivity contribution in [2.75, 3.05) is 24.6 Å². The number of carbonyl (C=O) groups is 2. The van der Waals surface area contributed by atoms with E-state index in [0.29, 0.717) is 26.1 Å². The maximum Gasteiger partial charge on any atom is 0.315 e. The molecular formula is C18H27N3O3. The summed E-state index contributed by atoms with van der Waals surface area (Å²) in [5.74, 6) is 0.810. The lowest BCUT2D eigenvalue weighted by atomic mass is 10.2. The summed E-state index contributed by atoms with van der Waals surface area (Å²) >= 11 is 0. The van der Waals surface area contributed by atoms with Crippen molar-refractivity contribution in [3.05, 3.63) is 24.3 Å². The largest absolute Gasteiger partial charge is 0.494 e. The second-order valence-corrected chi connectivity index (χ2v) is 5.94. The van der Waals surface area contributed by atoms with Crippen molar-refractivity contribution in [1.82, 2.24) is 10.6 Å². The van der Waals surface area contributed by atoms with Gasteiger partial charge in [0.25, 0.3) is 0 Å². The molecule has 0 spiro atoms. The zero-order valence-electron chi connectivity index (χ0n) is 14.5. The van der Waals surface area contributed by atoms with Gasteiger partial charge in [-0.3, -0.25) is 4.79 Å². The Morgan fingerprint density at radius 1 is 1.25 bits per heavy atom. The van der Waals surface area contributed by atoms with Gasteiger partial charge in [-0.25, -0.2) is 4.79 Å². The Hall–Kier alpha value is -2.24. The van der Waals surface area contributed by atoms with Crippen LogP contribution < -0.4 is 20.3 Å². The minimum absolute atomic E-state index is 0.0236. The van der Waals surface area contributed by atoms with Crippen LogP contribution in [0, 0.1) is 0 Å². The van der Waals surface area contributed by atoms with E-state index < -0.39 is 0 Å². The molecular weight excluding hydrogens is 306 g/mol. The molecule has 2 rings (SSSR count). The van der Waals surface area contributed by atoms with Crippen LogP contribution >= 0.6 is 0 Å². The monoisotopic (exact) mass is 333 g/mol. The first-order chi connectivity index (χ1) is 11.6. The second-order valence-electron chi connectivity index (χ2n) is 5.94. The standard InChI is InChI=1S/C18H27N3O3/c1-3-5-6-11-19-18(23)20-14-12-17(22)21(13-14)15-7-9-16(10-8-15)24-4-2/h7-10,14H,3-6,11-13H2,1-2H3,(H2,19,20,23)/t14-/m0/s1. The fourth-order valence-electron chi connectivity index (χ4n) is 2.76. The highest BCUT2D eigenvalue weighted by atomic mass is 16.5. The molecule has 0 unspecified atom stereocenters. The van der Waals surface area contributed by atoms with Crippen LogP contribution in [0.2, 0.25) is 0 Å². The average Bonchev–Trinajstić information content (AvgIpc) is 2.93. The summed E-state index contributed by atoms with van der Waals surface area (Å²) in [6.45, 7) is 5.83. The number of carbonyl (C=O) groups excluding carboxylic acids is 2. The van der Waals surface area contributed by atoms with Crippen LogP contribution in [0.15, 0.2) is 24.3 Å². The van der Waals surface area contributed by atoms with Crippen LogP contribution in [0.3, 0.4) is 0 Å². The van der Waals surface area contributed by atoms with Crippen molar-refractivity contribution >= 4 is 17.6 Å². The number of rotatable bonds is 8. The first-order valence-electron chi connectivity index (χ1n) is 8.71. The smallest absolute Gasteiger partial charge is 0.315 e. The zero-order chi connectivity index (χ0) is 17.4. The van der Waals surface area contributed by atoms with E-state index in [4.69, 9.17) is 4.74 Å². The molecule has 0 bridgehead atoms. The molecule has 0 saturated carbocycles. The molecule has 0 radical (unpaired) electrons. The highest BCUT2D eigenvalue weighted by Crippen LogP contribution is 2.24. The highest BCUT2D eigenvalue weighted by Gasteiger charge is 2.31. The molecule has 3 amide bonds. The number of hydrogen-bond donors (Lipinski definition) is 2. The minimum Gasteiger partial charge on any atom is -0.494 e. The third-order valence-electron chi connectivity index (χ3n) is 3.99. The zero-order valence-corrected chi connectivity index (χ0v) is 14.5. The summed E-state index contributed by atoms with van der Waals surface area (Å²) in [6.07, 6.45) is 3.53. The van der Waals surface area contributed by atoms with Crippen molar-refractivity contribution in [2.45, 2.75) is 45.6 Å². The van der Waals surface area contributed by atoms with Gasteiger partial charge in [0.15, 0.2) is 0 Å². The Bertz CT molecular complexity index is 545. The number of anilines is 1. The fraction of sp³-hybridized carbons (Fsp3) is 0.556. The molecule has 132 valence electrons. The lowest BCUT2D eigenvalue weighted by Gasteiger charge is -2.18. The summed E-state index contributed by atoms with van der Waals surface area (Å²) in [5.41, 5.74) is 0.830. The van der Waals surface area contributed by atoms with E-state index >= 15 is 0 Å². The van der Waals surface area contributed by atoms with Gasteiger partial charge in [0.2, 0.25) is 5.91 Å². The number of hydrogen-bond acceptors (Lipinski definition) is 3. The molecule has 24 heavy (non-hydrogen) atoms. The van der Waals surface area contributed by atoms with Crippen LogP contribution in [-0.2, 0) is 4.79 Å². The highest BCUT2D eigenvalue weighted by molar-refractivity contribution is 5.96. The van der Waals surface area contributed by atoms with Crippen LogP contribution in [0.1, 0.15) is 39.5 Å². The van der Waals surface area contributed by atoms with Gasteiger partial charge in [0, 0.05) is 25.2 Å². The third kappa shape index (κ3) is 5.15. The predicted molar refractivity (Wildman–Crippen MR) is 94.4 cm³/mol. The van der Waals surface area contributed by atoms with E-state index in [1.54, 1.807) is 4.90 Å². The summed E-state index contributed by atoms with van der Waals surface area (Å²) in [4.78, 5) is 25.8. The van der Waals surface area contributed by atoms with Crippen LogP contribution in [-0.4, -0.2) is 37.7 Å². The lowest BCUT2D eigenvalue weighted by Crippen LogP contribution is -2.43. The molecule has 1 aromatic carbocycles. The number of ether oxygens (including phenoxy) is 1. The molecule has 6 nitrogen and oxygen atoms in total. The third-order valence-corrected chi connectivity index (χ3v) is 3.99. The van der Waals surface area contributed by atoms with Gasteiger partial charge in [-0.1, -0.05) is 19.8 Å². The van der Waals surface area contributed by atoms with Crippen molar-refractivity contribution in [3.63, 3.8) is 0 Å². The maximum atomic E-state index is 12.2. The van der Waals surface area contributed by atoms with Gasteiger partial charge < -0.3 is 20.3 Å². The Morgan fingerprint density at radius 2 is 2.00 bits per heavy atom. The normalized spacial score (nSPS) is 17.0. The van der Waals surface area contributed by atoms with Gasteiger partial charge >= 0.3 is 6.03 Å². The van der Waals surface area contributed by atoms with Gasteiger partial charge in [0.05, 0.1) is 12.6 Å². The van der Waals surface area contributed by atoms with E-state index in [9.17, 15) is 9.59 Å². The number of urea groups is 1. The molecule has 1 saturated heterocycles.